The average Bonchev–Trinajstić information content (AvgIpc) is 2.78. The summed E-state index contributed by atoms with van der Waals surface area (Å²) in [5.74, 6) is 1.12. The Morgan fingerprint density at radius 1 is 1.44 bits per heavy atom. The molecular weight excluding hydrogens is 204 g/mol. The lowest BCUT2D eigenvalue weighted by Gasteiger charge is -1.99. The second-order valence-electron chi connectivity index (χ2n) is 3.56. The van der Waals surface area contributed by atoms with Crippen molar-refractivity contribution in [1.82, 2.24) is 15.1 Å². The standard InChI is InChI=1S/C11H14N4O/c1-2-9(12)11-14-10(15-16-11)7-8-5-3-4-6-13-8/h3-6,9H,2,7,12H2,1H3/t9-/m0/s1. The summed E-state index contributed by atoms with van der Waals surface area (Å²) >= 11 is 0. The monoisotopic (exact) mass is 218 g/mol. The normalized spacial score (nSPS) is 12.6. The minimum absolute atomic E-state index is 0.176. The number of nitrogens with two attached hydrogens (primary N) is 1. The van der Waals surface area contributed by atoms with E-state index in [4.69, 9.17) is 10.3 Å². The molecule has 2 rings (SSSR count). The number of hydrogen-bond acceptors (Lipinski definition) is 5. The first kappa shape index (κ1) is 10.8. The van der Waals surface area contributed by atoms with Crippen molar-refractivity contribution in [2.45, 2.75) is 25.8 Å². The van der Waals surface area contributed by atoms with Crippen LogP contribution in [0.1, 0.15) is 36.8 Å². The molecule has 0 aliphatic carbocycles. The van der Waals surface area contributed by atoms with Gasteiger partial charge in [-0.2, -0.15) is 4.98 Å². The summed E-state index contributed by atoms with van der Waals surface area (Å²) in [6.07, 6.45) is 3.10. The Morgan fingerprint density at radius 3 is 3.00 bits per heavy atom. The van der Waals surface area contributed by atoms with Gasteiger partial charge in [0.05, 0.1) is 12.5 Å². The highest BCUT2D eigenvalue weighted by molar-refractivity contribution is 5.09. The Bertz CT molecular complexity index is 440. The number of aromatic nitrogens is 3. The molecule has 0 aliphatic rings. The summed E-state index contributed by atoms with van der Waals surface area (Å²) in [5, 5.41) is 3.87. The van der Waals surface area contributed by atoms with Crippen molar-refractivity contribution >= 4 is 0 Å². The van der Waals surface area contributed by atoms with Crippen molar-refractivity contribution in [2.24, 2.45) is 5.73 Å². The van der Waals surface area contributed by atoms with Crippen LogP contribution in [0, 0.1) is 0 Å². The van der Waals surface area contributed by atoms with E-state index in [1.807, 2.05) is 25.1 Å². The van der Waals surface area contributed by atoms with Gasteiger partial charge in [-0.25, -0.2) is 0 Å². The van der Waals surface area contributed by atoms with Gasteiger partial charge in [0.1, 0.15) is 0 Å². The molecular formula is C11H14N4O. The molecule has 2 heterocycles. The van der Waals surface area contributed by atoms with Crippen molar-refractivity contribution in [1.29, 1.82) is 0 Å². The molecule has 16 heavy (non-hydrogen) atoms. The average molecular weight is 218 g/mol. The zero-order valence-corrected chi connectivity index (χ0v) is 9.13. The first-order chi connectivity index (χ1) is 7.79. The van der Waals surface area contributed by atoms with Gasteiger partial charge >= 0.3 is 0 Å². The highest BCUT2D eigenvalue weighted by Gasteiger charge is 2.12. The SMILES string of the molecule is CC[C@H](N)c1nc(Cc2ccccn2)no1. The van der Waals surface area contributed by atoms with Gasteiger partial charge in [-0.1, -0.05) is 18.1 Å². The van der Waals surface area contributed by atoms with Gasteiger partial charge in [0.15, 0.2) is 5.82 Å². The Morgan fingerprint density at radius 2 is 2.31 bits per heavy atom. The summed E-state index contributed by atoms with van der Waals surface area (Å²) < 4.78 is 5.08. The highest BCUT2D eigenvalue weighted by Crippen LogP contribution is 2.12. The van der Waals surface area contributed by atoms with Crippen LogP contribution in [0.4, 0.5) is 0 Å². The molecule has 2 aromatic rings. The largest absolute Gasteiger partial charge is 0.338 e. The summed E-state index contributed by atoms with van der Waals surface area (Å²) in [6, 6.07) is 5.56. The maximum Gasteiger partial charge on any atom is 0.243 e. The maximum atomic E-state index is 5.79. The molecule has 0 amide bonds. The Kier molecular flexibility index (Phi) is 3.26. The van der Waals surface area contributed by atoms with Crippen LogP contribution in [0.5, 0.6) is 0 Å². The topological polar surface area (TPSA) is 77.8 Å². The number of pyridine rings is 1. The van der Waals surface area contributed by atoms with Gasteiger partial charge in [-0.15, -0.1) is 0 Å². The predicted molar refractivity (Wildman–Crippen MR) is 58.6 cm³/mol. The van der Waals surface area contributed by atoms with Crippen LogP contribution in [-0.4, -0.2) is 15.1 Å². The van der Waals surface area contributed by atoms with Crippen LogP contribution >= 0.6 is 0 Å². The van der Waals surface area contributed by atoms with Crippen LogP contribution < -0.4 is 5.73 Å². The van der Waals surface area contributed by atoms with E-state index in [2.05, 4.69) is 15.1 Å². The van der Waals surface area contributed by atoms with Gasteiger partial charge in [-0.3, -0.25) is 4.98 Å². The Balaban J connectivity index is 2.09. The van der Waals surface area contributed by atoms with E-state index in [-0.39, 0.29) is 6.04 Å². The molecule has 0 spiro atoms. The molecule has 0 saturated carbocycles. The zero-order chi connectivity index (χ0) is 11.4. The van der Waals surface area contributed by atoms with Gasteiger partial charge in [0.25, 0.3) is 0 Å². The second kappa shape index (κ2) is 4.85. The van der Waals surface area contributed by atoms with E-state index in [0.29, 0.717) is 18.1 Å². The predicted octanol–water partition coefficient (Wildman–Crippen LogP) is 1.47. The van der Waals surface area contributed by atoms with Crippen LogP contribution in [0.15, 0.2) is 28.9 Å². The van der Waals surface area contributed by atoms with Gasteiger partial charge in [-0.05, 0) is 18.6 Å². The lowest BCUT2D eigenvalue weighted by molar-refractivity contribution is 0.348. The number of nitrogens with zero attached hydrogens (tertiary/aromatic N) is 3. The third-order valence-electron chi connectivity index (χ3n) is 2.31. The molecule has 1 atom stereocenters. The second-order valence-corrected chi connectivity index (χ2v) is 3.56. The molecule has 0 bridgehead atoms. The van der Waals surface area contributed by atoms with Gasteiger partial charge < -0.3 is 10.3 Å². The van der Waals surface area contributed by atoms with Crippen molar-refractivity contribution in [2.75, 3.05) is 0 Å². The van der Waals surface area contributed by atoms with E-state index in [1.165, 1.54) is 0 Å². The molecule has 5 heteroatoms. The first-order valence-corrected chi connectivity index (χ1v) is 5.27. The van der Waals surface area contributed by atoms with E-state index in [0.717, 1.165) is 12.1 Å². The van der Waals surface area contributed by atoms with Crippen LogP contribution in [-0.2, 0) is 6.42 Å². The Labute approximate surface area is 93.7 Å². The van der Waals surface area contributed by atoms with E-state index in [9.17, 15) is 0 Å². The van der Waals surface area contributed by atoms with Crippen LogP contribution in [0.25, 0.3) is 0 Å². The maximum absolute atomic E-state index is 5.79. The third kappa shape index (κ3) is 2.43. The van der Waals surface area contributed by atoms with Crippen molar-refractivity contribution in [3.63, 3.8) is 0 Å². The van der Waals surface area contributed by atoms with Crippen LogP contribution in [0.3, 0.4) is 0 Å². The minimum atomic E-state index is -0.176. The number of rotatable bonds is 4. The molecule has 0 radical (unpaired) electrons. The fourth-order valence-electron chi connectivity index (χ4n) is 1.33. The van der Waals surface area contributed by atoms with Crippen molar-refractivity contribution in [3.8, 4) is 0 Å². The fraction of sp³-hybridized carbons (Fsp3) is 0.364. The molecule has 84 valence electrons. The molecule has 2 N–H and O–H groups in total. The molecule has 0 saturated heterocycles. The number of hydrogen-bond donors (Lipinski definition) is 1. The lowest BCUT2D eigenvalue weighted by Crippen LogP contribution is -2.09. The first-order valence-electron chi connectivity index (χ1n) is 5.27. The zero-order valence-electron chi connectivity index (χ0n) is 9.13. The minimum Gasteiger partial charge on any atom is -0.338 e. The molecule has 2 aromatic heterocycles. The smallest absolute Gasteiger partial charge is 0.243 e. The van der Waals surface area contributed by atoms with Crippen molar-refractivity contribution in [3.05, 3.63) is 41.8 Å². The molecule has 0 unspecified atom stereocenters. The highest BCUT2D eigenvalue weighted by atomic mass is 16.5. The van der Waals surface area contributed by atoms with E-state index >= 15 is 0 Å². The summed E-state index contributed by atoms with van der Waals surface area (Å²) in [7, 11) is 0. The molecule has 0 aliphatic heterocycles. The third-order valence-corrected chi connectivity index (χ3v) is 2.31. The van der Waals surface area contributed by atoms with E-state index < -0.39 is 0 Å². The lowest BCUT2D eigenvalue weighted by atomic mass is 10.2. The fourth-order valence-corrected chi connectivity index (χ4v) is 1.33. The van der Waals surface area contributed by atoms with Crippen LogP contribution in [0.2, 0.25) is 0 Å². The summed E-state index contributed by atoms with van der Waals surface area (Å²) in [5.41, 5.74) is 6.71. The summed E-state index contributed by atoms with van der Waals surface area (Å²) in [6.45, 7) is 1.98. The van der Waals surface area contributed by atoms with Gasteiger partial charge in [0.2, 0.25) is 5.89 Å². The summed E-state index contributed by atoms with van der Waals surface area (Å²) in [4.78, 5) is 8.43. The van der Waals surface area contributed by atoms with Gasteiger partial charge in [0, 0.05) is 11.9 Å². The quantitative estimate of drug-likeness (QED) is 0.840. The molecule has 0 fully saturated rings. The van der Waals surface area contributed by atoms with Crippen molar-refractivity contribution < 1.29 is 4.52 Å². The molecule has 0 aromatic carbocycles. The Hall–Kier alpha value is -1.75. The van der Waals surface area contributed by atoms with E-state index in [1.54, 1.807) is 6.20 Å². The molecule has 5 nitrogen and oxygen atoms in total.